The summed E-state index contributed by atoms with van der Waals surface area (Å²) in [5.41, 5.74) is 3.14. The molecule has 0 aliphatic carbocycles. The maximum atomic E-state index is 4.59. The third kappa shape index (κ3) is 3.35. The molecule has 1 aliphatic heterocycles. The fraction of sp³-hybridized carbons (Fsp3) is 0.500. The van der Waals surface area contributed by atoms with Crippen LogP contribution in [0.1, 0.15) is 26.2 Å². The van der Waals surface area contributed by atoms with E-state index in [1.165, 1.54) is 18.5 Å². The third-order valence-electron chi connectivity index (χ3n) is 3.96. The lowest BCUT2D eigenvalue weighted by atomic mass is 10.2. The molecule has 3 heterocycles. The summed E-state index contributed by atoms with van der Waals surface area (Å²) < 4.78 is 0.971. The molecule has 1 N–H and O–H groups in total. The van der Waals surface area contributed by atoms with Gasteiger partial charge in [-0.2, -0.15) is 0 Å². The van der Waals surface area contributed by atoms with E-state index >= 15 is 0 Å². The lowest BCUT2D eigenvalue weighted by Gasteiger charge is -2.28. The van der Waals surface area contributed by atoms with Crippen LogP contribution in [0.2, 0.25) is 0 Å². The summed E-state index contributed by atoms with van der Waals surface area (Å²) in [5, 5.41) is 3.59. The van der Waals surface area contributed by atoms with Gasteiger partial charge >= 0.3 is 0 Å². The van der Waals surface area contributed by atoms with Crippen molar-refractivity contribution in [3.63, 3.8) is 0 Å². The molecule has 4 nitrogen and oxygen atoms in total. The lowest BCUT2D eigenvalue weighted by Crippen LogP contribution is -2.38. The second-order valence-electron chi connectivity index (χ2n) is 5.59. The zero-order valence-corrected chi connectivity index (χ0v) is 13.9. The van der Waals surface area contributed by atoms with Crippen LogP contribution >= 0.6 is 15.9 Å². The molecule has 1 saturated heterocycles. The number of hydrogen-bond acceptors (Lipinski definition) is 4. The number of aromatic nitrogens is 2. The Morgan fingerprint density at radius 1 is 1.43 bits per heavy atom. The van der Waals surface area contributed by atoms with E-state index in [9.17, 15) is 0 Å². The van der Waals surface area contributed by atoms with Crippen molar-refractivity contribution < 1.29 is 0 Å². The monoisotopic (exact) mass is 348 g/mol. The summed E-state index contributed by atoms with van der Waals surface area (Å²) in [4.78, 5) is 11.5. The Bertz CT molecular complexity index is 610. The van der Waals surface area contributed by atoms with Gasteiger partial charge in [-0.05, 0) is 53.9 Å². The summed E-state index contributed by atoms with van der Waals surface area (Å²) in [7, 11) is 0. The maximum Gasteiger partial charge on any atom is 0.112 e. The molecule has 0 aromatic carbocycles. The third-order valence-corrected chi connectivity index (χ3v) is 4.39. The van der Waals surface area contributed by atoms with Crippen molar-refractivity contribution in [1.82, 2.24) is 15.3 Å². The quantitative estimate of drug-likeness (QED) is 0.899. The first-order valence-electron chi connectivity index (χ1n) is 7.66. The van der Waals surface area contributed by atoms with Crippen molar-refractivity contribution in [1.29, 1.82) is 0 Å². The average molecular weight is 349 g/mol. The molecule has 1 aliphatic rings. The van der Waals surface area contributed by atoms with Gasteiger partial charge in [0.1, 0.15) is 5.52 Å². The minimum Gasteiger partial charge on any atom is -0.368 e. The van der Waals surface area contributed by atoms with Gasteiger partial charge in [-0.15, -0.1) is 0 Å². The average Bonchev–Trinajstić information content (AvgIpc) is 2.99. The number of nitrogens with one attached hydrogen (secondary N) is 1. The molecule has 1 fully saturated rings. The number of pyridine rings is 2. The van der Waals surface area contributed by atoms with E-state index < -0.39 is 0 Å². The predicted molar refractivity (Wildman–Crippen MR) is 90.8 cm³/mol. The van der Waals surface area contributed by atoms with Crippen molar-refractivity contribution in [3.8, 4) is 0 Å². The van der Waals surface area contributed by atoms with Gasteiger partial charge in [0.25, 0.3) is 0 Å². The first kappa shape index (κ1) is 14.7. The van der Waals surface area contributed by atoms with E-state index in [1.807, 2.05) is 18.5 Å². The first-order chi connectivity index (χ1) is 10.3. The SMILES string of the molecule is CCCN(CC1CCCN1)c1ccnc2cc(Br)cnc12. The van der Waals surface area contributed by atoms with Gasteiger partial charge in [0.15, 0.2) is 0 Å². The minimum atomic E-state index is 0.593. The van der Waals surface area contributed by atoms with Gasteiger partial charge in [-0.3, -0.25) is 9.97 Å². The van der Waals surface area contributed by atoms with Crippen molar-refractivity contribution in [2.24, 2.45) is 0 Å². The Hall–Kier alpha value is -1.20. The van der Waals surface area contributed by atoms with E-state index in [-0.39, 0.29) is 0 Å². The van der Waals surface area contributed by atoms with Gasteiger partial charge in [0.05, 0.1) is 11.2 Å². The molecule has 2 aromatic rings. The van der Waals surface area contributed by atoms with Crippen LogP contribution in [0.25, 0.3) is 11.0 Å². The van der Waals surface area contributed by atoms with Crippen LogP contribution in [0.5, 0.6) is 0 Å². The molecule has 0 bridgehead atoms. The highest BCUT2D eigenvalue weighted by Crippen LogP contribution is 2.26. The van der Waals surface area contributed by atoms with Gasteiger partial charge in [0.2, 0.25) is 0 Å². The molecule has 1 atom stereocenters. The molecular formula is C16H21BrN4. The summed E-state index contributed by atoms with van der Waals surface area (Å²) in [6, 6.07) is 4.72. The van der Waals surface area contributed by atoms with Gasteiger partial charge in [-0.1, -0.05) is 6.92 Å². The molecule has 21 heavy (non-hydrogen) atoms. The number of halogens is 1. The van der Waals surface area contributed by atoms with Crippen molar-refractivity contribution in [3.05, 3.63) is 29.0 Å². The van der Waals surface area contributed by atoms with Crippen LogP contribution in [-0.4, -0.2) is 35.6 Å². The molecule has 5 heteroatoms. The van der Waals surface area contributed by atoms with Crippen molar-refractivity contribution in [2.75, 3.05) is 24.5 Å². The molecule has 112 valence electrons. The van der Waals surface area contributed by atoms with Gasteiger partial charge in [0, 0.05) is 36.0 Å². The normalized spacial score (nSPS) is 18.3. The fourth-order valence-electron chi connectivity index (χ4n) is 3.01. The minimum absolute atomic E-state index is 0.593. The topological polar surface area (TPSA) is 41.0 Å². The Morgan fingerprint density at radius 2 is 2.33 bits per heavy atom. The highest BCUT2D eigenvalue weighted by Gasteiger charge is 2.19. The number of hydrogen-bond donors (Lipinski definition) is 1. The standard InChI is InChI=1S/C16H21BrN4/c1-2-8-21(11-13-4-3-6-18-13)15-5-7-19-14-9-12(17)10-20-16(14)15/h5,7,9-10,13,18H,2-4,6,8,11H2,1H3. The summed E-state index contributed by atoms with van der Waals surface area (Å²) in [6.07, 6.45) is 7.42. The lowest BCUT2D eigenvalue weighted by molar-refractivity contribution is 0.579. The molecule has 3 rings (SSSR count). The van der Waals surface area contributed by atoms with Crippen LogP contribution in [0.3, 0.4) is 0 Å². The molecule has 0 saturated carbocycles. The molecule has 0 radical (unpaired) electrons. The second kappa shape index (κ2) is 6.71. The maximum absolute atomic E-state index is 4.59. The molecule has 1 unspecified atom stereocenters. The highest BCUT2D eigenvalue weighted by molar-refractivity contribution is 9.10. The van der Waals surface area contributed by atoms with E-state index in [4.69, 9.17) is 0 Å². The van der Waals surface area contributed by atoms with Crippen LogP contribution in [0.15, 0.2) is 29.0 Å². The van der Waals surface area contributed by atoms with Gasteiger partial charge < -0.3 is 10.2 Å². The van der Waals surface area contributed by atoms with Gasteiger partial charge in [-0.25, -0.2) is 0 Å². The number of anilines is 1. The summed E-state index contributed by atoms with van der Waals surface area (Å²) in [5.74, 6) is 0. The van der Waals surface area contributed by atoms with Crippen LogP contribution in [0.4, 0.5) is 5.69 Å². The molecule has 0 amide bonds. The highest BCUT2D eigenvalue weighted by atomic mass is 79.9. The molecular weight excluding hydrogens is 328 g/mol. The first-order valence-corrected chi connectivity index (χ1v) is 8.46. The van der Waals surface area contributed by atoms with Crippen LogP contribution in [-0.2, 0) is 0 Å². The van der Waals surface area contributed by atoms with Crippen LogP contribution < -0.4 is 10.2 Å². The largest absolute Gasteiger partial charge is 0.368 e. The predicted octanol–water partition coefficient (Wildman–Crippen LogP) is 3.36. The molecule has 0 spiro atoms. The Balaban J connectivity index is 1.94. The number of nitrogens with zero attached hydrogens (tertiary/aromatic N) is 3. The second-order valence-corrected chi connectivity index (χ2v) is 6.51. The van der Waals surface area contributed by atoms with Crippen molar-refractivity contribution in [2.45, 2.75) is 32.2 Å². The number of rotatable bonds is 5. The van der Waals surface area contributed by atoms with Crippen molar-refractivity contribution >= 4 is 32.7 Å². The Kier molecular flexibility index (Phi) is 4.70. The van der Waals surface area contributed by atoms with E-state index in [1.54, 1.807) is 0 Å². The zero-order chi connectivity index (χ0) is 14.7. The molecule has 2 aromatic heterocycles. The summed E-state index contributed by atoms with van der Waals surface area (Å²) in [6.45, 7) is 5.47. The smallest absolute Gasteiger partial charge is 0.112 e. The zero-order valence-electron chi connectivity index (χ0n) is 12.3. The van der Waals surface area contributed by atoms with E-state index in [2.05, 4.69) is 49.1 Å². The Morgan fingerprint density at radius 3 is 3.10 bits per heavy atom. The van der Waals surface area contributed by atoms with E-state index in [0.29, 0.717) is 6.04 Å². The Labute approximate surface area is 134 Å². The van der Waals surface area contributed by atoms with Crippen LogP contribution in [0, 0.1) is 0 Å². The number of fused-ring (bicyclic) bond motifs is 1. The summed E-state index contributed by atoms with van der Waals surface area (Å²) >= 11 is 3.47. The fourth-order valence-corrected chi connectivity index (χ4v) is 3.32. The van der Waals surface area contributed by atoms with E-state index in [0.717, 1.165) is 41.6 Å².